The second-order valence-electron chi connectivity index (χ2n) is 8.01. The third kappa shape index (κ3) is 4.01. The van der Waals surface area contributed by atoms with Crippen LogP contribution in [0.25, 0.3) is 0 Å². The number of rotatable bonds is 6. The van der Waals surface area contributed by atoms with Crippen molar-refractivity contribution in [2.24, 2.45) is 0 Å². The average Bonchev–Trinajstić information content (AvgIpc) is 2.81. The van der Waals surface area contributed by atoms with Crippen LogP contribution in [0.3, 0.4) is 0 Å². The number of hydrogen-bond donors (Lipinski definition) is 0. The molecule has 0 spiro atoms. The van der Waals surface area contributed by atoms with E-state index < -0.39 is 0 Å². The Morgan fingerprint density at radius 3 is 2.31 bits per heavy atom. The number of carbonyl (C=O) groups is 1. The number of methoxy groups -OCH3 is 1. The van der Waals surface area contributed by atoms with Crippen LogP contribution in [0, 0.1) is 6.92 Å². The fourth-order valence-corrected chi connectivity index (χ4v) is 4.53. The normalized spacial score (nSPS) is 15.4. The summed E-state index contributed by atoms with van der Waals surface area (Å²) in [4.78, 5) is 15.5. The fourth-order valence-electron chi connectivity index (χ4n) is 4.53. The number of ether oxygens (including phenoxy) is 2. The molecule has 1 atom stereocenters. The SMILES string of the molecule is CCOC(=O)C1=C(C)N(Cc2ccc(OC)cc2)c2cccc(C)c2[C@H]1c1ccccc1. The molecule has 3 aromatic rings. The molecule has 0 aromatic heterocycles. The third-order valence-electron chi connectivity index (χ3n) is 6.09. The number of benzene rings is 3. The van der Waals surface area contributed by atoms with Gasteiger partial charge in [0.2, 0.25) is 0 Å². The molecule has 0 saturated heterocycles. The number of aryl methyl sites for hydroxylation is 1. The molecule has 1 aliphatic rings. The van der Waals surface area contributed by atoms with Gasteiger partial charge in [0.25, 0.3) is 0 Å². The van der Waals surface area contributed by atoms with E-state index in [1.54, 1.807) is 7.11 Å². The van der Waals surface area contributed by atoms with Crippen molar-refractivity contribution in [2.75, 3.05) is 18.6 Å². The standard InChI is InChI=1S/C28H29NO3/c1-5-32-28(30)26-20(3)29(18-21-14-16-23(31-4)17-15-21)24-13-9-10-19(2)25(24)27(26)22-11-7-6-8-12-22/h6-17,27H,5,18H2,1-4H3/t27-/m1/s1. The van der Waals surface area contributed by atoms with Gasteiger partial charge in [-0.2, -0.15) is 0 Å². The molecule has 32 heavy (non-hydrogen) atoms. The number of esters is 1. The van der Waals surface area contributed by atoms with Crippen molar-refractivity contribution in [3.05, 3.63) is 106 Å². The van der Waals surface area contributed by atoms with Gasteiger partial charge in [0.15, 0.2) is 0 Å². The second-order valence-corrected chi connectivity index (χ2v) is 8.01. The van der Waals surface area contributed by atoms with Crippen LogP contribution in [0.1, 0.15) is 42.0 Å². The summed E-state index contributed by atoms with van der Waals surface area (Å²) in [5.74, 6) is 0.401. The van der Waals surface area contributed by atoms with Crippen molar-refractivity contribution in [2.45, 2.75) is 33.2 Å². The molecule has 4 rings (SSSR count). The van der Waals surface area contributed by atoms with E-state index in [9.17, 15) is 4.79 Å². The Bertz CT molecular complexity index is 1130. The molecule has 1 heterocycles. The van der Waals surface area contributed by atoms with E-state index in [-0.39, 0.29) is 11.9 Å². The summed E-state index contributed by atoms with van der Waals surface area (Å²) in [7, 11) is 1.67. The summed E-state index contributed by atoms with van der Waals surface area (Å²) < 4.78 is 10.9. The Morgan fingerprint density at radius 1 is 0.938 bits per heavy atom. The number of nitrogens with zero attached hydrogens (tertiary/aromatic N) is 1. The highest BCUT2D eigenvalue weighted by Gasteiger charge is 2.37. The zero-order valence-corrected chi connectivity index (χ0v) is 19.1. The Kier molecular flexibility index (Phi) is 6.31. The maximum Gasteiger partial charge on any atom is 0.336 e. The number of carbonyl (C=O) groups excluding carboxylic acids is 1. The lowest BCUT2D eigenvalue weighted by Gasteiger charge is -2.39. The first-order valence-corrected chi connectivity index (χ1v) is 11.0. The summed E-state index contributed by atoms with van der Waals surface area (Å²) in [5.41, 5.74) is 7.29. The number of allylic oxidation sites excluding steroid dienone is 1. The van der Waals surface area contributed by atoms with Crippen LogP contribution in [0.4, 0.5) is 5.69 Å². The van der Waals surface area contributed by atoms with Crippen LogP contribution in [0.2, 0.25) is 0 Å². The van der Waals surface area contributed by atoms with Crippen LogP contribution < -0.4 is 9.64 Å². The van der Waals surface area contributed by atoms with Crippen LogP contribution >= 0.6 is 0 Å². The molecule has 0 aliphatic carbocycles. The second kappa shape index (κ2) is 9.31. The van der Waals surface area contributed by atoms with Gasteiger partial charge in [0.05, 0.1) is 19.3 Å². The zero-order chi connectivity index (χ0) is 22.7. The van der Waals surface area contributed by atoms with E-state index in [0.717, 1.165) is 39.4 Å². The van der Waals surface area contributed by atoms with Crippen molar-refractivity contribution >= 4 is 11.7 Å². The molecule has 0 radical (unpaired) electrons. The molecular weight excluding hydrogens is 398 g/mol. The van der Waals surface area contributed by atoms with Crippen molar-refractivity contribution in [1.82, 2.24) is 0 Å². The van der Waals surface area contributed by atoms with Gasteiger partial charge in [-0.1, -0.05) is 54.6 Å². The third-order valence-corrected chi connectivity index (χ3v) is 6.09. The highest BCUT2D eigenvalue weighted by molar-refractivity contribution is 5.95. The topological polar surface area (TPSA) is 38.8 Å². The molecule has 4 nitrogen and oxygen atoms in total. The molecular formula is C28H29NO3. The van der Waals surface area contributed by atoms with Gasteiger partial charge in [-0.25, -0.2) is 4.79 Å². The average molecular weight is 428 g/mol. The van der Waals surface area contributed by atoms with Crippen LogP contribution in [0.5, 0.6) is 5.75 Å². The maximum atomic E-state index is 13.3. The van der Waals surface area contributed by atoms with Gasteiger partial charge in [0, 0.05) is 23.8 Å². The number of hydrogen-bond acceptors (Lipinski definition) is 4. The lowest BCUT2D eigenvalue weighted by Crippen LogP contribution is -2.33. The first-order chi connectivity index (χ1) is 15.5. The minimum absolute atomic E-state index is 0.168. The monoisotopic (exact) mass is 427 g/mol. The van der Waals surface area contributed by atoms with Crippen molar-refractivity contribution in [3.63, 3.8) is 0 Å². The molecule has 1 aliphatic heterocycles. The summed E-state index contributed by atoms with van der Waals surface area (Å²) >= 11 is 0. The van der Waals surface area contributed by atoms with E-state index in [4.69, 9.17) is 9.47 Å². The molecule has 0 N–H and O–H groups in total. The van der Waals surface area contributed by atoms with Crippen molar-refractivity contribution < 1.29 is 14.3 Å². The van der Waals surface area contributed by atoms with Crippen molar-refractivity contribution in [1.29, 1.82) is 0 Å². The molecule has 0 amide bonds. The summed E-state index contributed by atoms with van der Waals surface area (Å²) in [6, 6.07) is 24.6. The molecule has 164 valence electrons. The number of fused-ring (bicyclic) bond motifs is 1. The smallest absolute Gasteiger partial charge is 0.336 e. The van der Waals surface area contributed by atoms with Crippen LogP contribution in [0.15, 0.2) is 84.1 Å². The van der Waals surface area contributed by atoms with E-state index in [0.29, 0.717) is 18.7 Å². The van der Waals surface area contributed by atoms with Crippen LogP contribution in [-0.2, 0) is 16.1 Å². The molecule has 0 saturated carbocycles. The van der Waals surface area contributed by atoms with Gasteiger partial charge in [-0.15, -0.1) is 0 Å². The van der Waals surface area contributed by atoms with Gasteiger partial charge in [-0.05, 0) is 61.2 Å². The summed E-state index contributed by atoms with van der Waals surface area (Å²) in [6.07, 6.45) is 0. The first-order valence-electron chi connectivity index (χ1n) is 11.0. The summed E-state index contributed by atoms with van der Waals surface area (Å²) in [6.45, 7) is 6.98. The predicted molar refractivity (Wildman–Crippen MR) is 128 cm³/mol. The minimum Gasteiger partial charge on any atom is -0.497 e. The highest BCUT2D eigenvalue weighted by atomic mass is 16.5. The predicted octanol–water partition coefficient (Wildman–Crippen LogP) is 5.99. The van der Waals surface area contributed by atoms with E-state index in [2.05, 4.69) is 54.3 Å². The lowest BCUT2D eigenvalue weighted by atomic mass is 9.78. The summed E-state index contributed by atoms with van der Waals surface area (Å²) in [5, 5.41) is 0. The van der Waals surface area contributed by atoms with Gasteiger partial charge < -0.3 is 14.4 Å². The quantitative estimate of drug-likeness (QED) is 0.453. The van der Waals surface area contributed by atoms with Crippen LogP contribution in [-0.4, -0.2) is 19.7 Å². The molecule has 0 bridgehead atoms. The molecule has 4 heteroatoms. The van der Waals surface area contributed by atoms with E-state index >= 15 is 0 Å². The minimum atomic E-state index is -0.257. The Balaban J connectivity index is 1.89. The van der Waals surface area contributed by atoms with Gasteiger partial charge in [-0.3, -0.25) is 0 Å². The molecule has 0 unspecified atom stereocenters. The number of anilines is 1. The first kappa shape index (κ1) is 21.7. The Morgan fingerprint density at radius 2 is 1.66 bits per heavy atom. The van der Waals surface area contributed by atoms with E-state index in [1.165, 1.54) is 0 Å². The Hall–Kier alpha value is -3.53. The van der Waals surface area contributed by atoms with Crippen molar-refractivity contribution in [3.8, 4) is 5.75 Å². The maximum absolute atomic E-state index is 13.3. The molecule has 0 fully saturated rings. The van der Waals surface area contributed by atoms with Gasteiger partial charge in [0.1, 0.15) is 5.75 Å². The highest BCUT2D eigenvalue weighted by Crippen LogP contribution is 2.47. The Labute approximate surface area is 190 Å². The van der Waals surface area contributed by atoms with E-state index in [1.807, 2.05) is 44.2 Å². The fraction of sp³-hybridized carbons (Fsp3) is 0.250. The zero-order valence-electron chi connectivity index (χ0n) is 19.1. The lowest BCUT2D eigenvalue weighted by molar-refractivity contribution is -0.138. The van der Waals surface area contributed by atoms with Gasteiger partial charge >= 0.3 is 5.97 Å². The largest absolute Gasteiger partial charge is 0.497 e. The molecule has 3 aromatic carbocycles.